The summed E-state index contributed by atoms with van der Waals surface area (Å²) < 4.78 is 0. The Labute approximate surface area is 130 Å². The number of anilines is 1. The van der Waals surface area contributed by atoms with E-state index < -0.39 is 0 Å². The van der Waals surface area contributed by atoms with Gasteiger partial charge in [0.05, 0.1) is 0 Å². The molecule has 4 nitrogen and oxygen atoms in total. The predicted molar refractivity (Wildman–Crippen MR) is 87.9 cm³/mol. The van der Waals surface area contributed by atoms with Crippen LogP contribution in [0.3, 0.4) is 0 Å². The van der Waals surface area contributed by atoms with Crippen LogP contribution in [0.15, 0.2) is 6.07 Å². The van der Waals surface area contributed by atoms with Crippen LogP contribution in [0.25, 0.3) is 0 Å². The van der Waals surface area contributed by atoms with Crippen molar-refractivity contribution in [2.75, 3.05) is 43.0 Å². The standard InChI is InChI=1S/C15H25BrN4/c1-12(2)14-11-13(3)17-15(18-14)20-7-4-6-19(8-5-16)9-10-20/h11-12H,4-10H2,1-3H3. The molecule has 0 atom stereocenters. The first-order valence-electron chi connectivity index (χ1n) is 7.49. The Morgan fingerprint density at radius 2 is 2.00 bits per heavy atom. The van der Waals surface area contributed by atoms with Crippen molar-refractivity contribution < 1.29 is 0 Å². The van der Waals surface area contributed by atoms with Crippen LogP contribution in [0.4, 0.5) is 5.95 Å². The molecule has 2 rings (SSSR count). The van der Waals surface area contributed by atoms with Gasteiger partial charge in [0.25, 0.3) is 0 Å². The van der Waals surface area contributed by atoms with Crippen molar-refractivity contribution in [2.24, 2.45) is 0 Å². The number of halogens is 1. The van der Waals surface area contributed by atoms with Gasteiger partial charge in [0, 0.05) is 42.9 Å². The SMILES string of the molecule is Cc1cc(C(C)C)nc(N2CCCN(CCBr)CC2)n1. The second kappa shape index (κ2) is 7.36. The molecule has 1 fully saturated rings. The highest BCUT2D eigenvalue weighted by Crippen LogP contribution is 2.18. The van der Waals surface area contributed by atoms with E-state index in [1.165, 1.54) is 13.0 Å². The normalized spacial score (nSPS) is 17.6. The van der Waals surface area contributed by atoms with Gasteiger partial charge in [0.15, 0.2) is 0 Å². The molecule has 0 unspecified atom stereocenters. The fraction of sp³-hybridized carbons (Fsp3) is 0.733. The lowest BCUT2D eigenvalue weighted by Crippen LogP contribution is -2.32. The van der Waals surface area contributed by atoms with Crippen LogP contribution in [0, 0.1) is 6.92 Å². The topological polar surface area (TPSA) is 32.3 Å². The quantitative estimate of drug-likeness (QED) is 0.789. The number of alkyl halides is 1. The smallest absolute Gasteiger partial charge is 0.225 e. The molecule has 1 aliphatic rings. The molecule has 1 aliphatic heterocycles. The number of aromatic nitrogens is 2. The van der Waals surface area contributed by atoms with E-state index in [0.29, 0.717) is 5.92 Å². The maximum Gasteiger partial charge on any atom is 0.225 e. The zero-order valence-corrected chi connectivity index (χ0v) is 14.4. The Kier molecular flexibility index (Phi) is 5.78. The molecule has 5 heteroatoms. The minimum Gasteiger partial charge on any atom is -0.339 e. The van der Waals surface area contributed by atoms with Crippen LogP contribution >= 0.6 is 15.9 Å². The maximum absolute atomic E-state index is 4.76. The highest BCUT2D eigenvalue weighted by molar-refractivity contribution is 9.09. The van der Waals surface area contributed by atoms with Crippen molar-refractivity contribution in [3.05, 3.63) is 17.5 Å². The highest BCUT2D eigenvalue weighted by atomic mass is 79.9. The summed E-state index contributed by atoms with van der Waals surface area (Å²) >= 11 is 3.53. The summed E-state index contributed by atoms with van der Waals surface area (Å²) in [4.78, 5) is 14.2. The molecule has 2 heterocycles. The number of hydrogen-bond acceptors (Lipinski definition) is 4. The number of hydrogen-bond donors (Lipinski definition) is 0. The maximum atomic E-state index is 4.76. The number of aryl methyl sites for hydroxylation is 1. The minimum atomic E-state index is 0.451. The molecule has 112 valence electrons. The summed E-state index contributed by atoms with van der Waals surface area (Å²) in [6, 6.07) is 2.10. The average Bonchev–Trinajstić information content (AvgIpc) is 2.64. The third-order valence-electron chi connectivity index (χ3n) is 3.73. The highest BCUT2D eigenvalue weighted by Gasteiger charge is 2.17. The zero-order valence-electron chi connectivity index (χ0n) is 12.8. The molecule has 1 saturated heterocycles. The molecule has 0 aliphatic carbocycles. The van der Waals surface area contributed by atoms with Crippen molar-refractivity contribution in [2.45, 2.75) is 33.1 Å². The van der Waals surface area contributed by atoms with E-state index in [1.54, 1.807) is 0 Å². The molecule has 0 saturated carbocycles. The van der Waals surface area contributed by atoms with Crippen LogP contribution in [0.5, 0.6) is 0 Å². The summed E-state index contributed by atoms with van der Waals surface area (Å²) in [5.41, 5.74) is 2.22. The van der Waals surface area contributed by atoms with Gasteiger partial charge in [0.2, 0.25) is 5.95 Å². The molecule has 20 heavy (non-hydrogen) atoms. The molecular formula is C15H25BrN4. The lowest BCUT2D eigenvalue weighted by molar-refractivity contribution is 0.313. The second-order valence-corrected chi connectivity index (χ2v) is 6.55. The summed E-state index contributed by atoms with van der Waals surface area (Å²) in [6.07, 6.45) is 1.18. The van der Waals surface area contributed by atoms with Gasteiger partial charge < -0.3 is 9.80 Å². The van der Waals surface area contributed by atoms with Crippen LogP contribution in [0.2, 0.25) is 0 Å². The van der Waals surface area contributed by atoms with E-state index in [9.17, 15) is 0 Å². The van der Waals surface area contributed by atoms with Crippen LogP contribution in [0.1, 0.15) is 37.6 Å². The van der Waals surface area contributed by atoms with Crippen molar-refractivity contribution in [1.82, 2.24) is 14.9 Å². The lowest BCUT2D eigenvalue weighted by atomic mass is 10.1. The van der Waals surface area contributed by atoms with E-state index >= 15 is 0 Å². The average molecular weight is 341 g/mol. The molecular weight excluding hydrogens is 316 g/mol. The monoisotopic (exact) mass is 340 g/mol. The van der Waals surface area contributed by atoms with Gasteiger partial charge in [-0.2, -0.15) is 0 Å². The Morgan fingerprint density at radius 3 is 2.70 bits per heavy atom. The van der Waals surface area contributed by atoms with Gasteiger partial charge in [-0.15, -0.1) is 0 Å². The van der Waals surface area contributed by atoms with Crippen LogP contribution < -0.4 is 4.90 Å². The number of nitrogens with zero attached hydrogens (tertiary/aromatic N) is 4. The van der Waals surface area contributed by atoms with Gasteiger partial charge in [0.1, 0.15) is 0 Å². The van der Waals surface area contributed by atoms with Crippen LogP contribution in [-0.4, -0.2) is 52.9 Å². The Morgan fingerprint density at radius 1 is 1.20 bits per heavy atom. The summed E-state index contributed by atoms with van der Waals surface area (Å²) in [7, 11) is 0. The van der Waals surface area contributed by atoms with E-state index in [4.69, 9.17) is 4.98 Å². The first kappa shape index (κ1) is 15.7. The van der Waals surface area contributed by atoms with Gasteiger partial charge in [-0.1, -0.05) is 29.8 Å². The Hall–Kier alpha value is -0.680. The van der Waals surface area contributed by atoms with Crippen molar-refractivity contribution in [3.63, 3.8) is 0 Å². The van der Waals surface area contributed by atoms with E-state index in [-0.39, 0.29) is 0 Å². The predicted octanol–water partition coefficient (Wildman–Crippen LogP) is 2.82. The molecule has 0 radical (unpaired) electrons. The fourth-order valence-corrected chi connectivity index (χ4v) is 3.03. The summed E-state index contributed by atoms with van der Waals surface area (Å²) in [5, 5.41) is 1.05. The molecule has 0 aromatic carbocycles. The summed E-state index contributed by atoms with van der Waals surface area (Å²) in [5.74, 6) is 1.36. The van der Waals surface area contributed by atoms with Crippen molar-refractivity contribution >= 4 is 21.9 Å². The molecule has 1 aromatic heterocycles. The Balaban J connectivity index is 2.11. The first-order valence-corrected chi connectivity index (χ1v) is 8.61. The van der Waals surface area contributed by atoms with Crippen molar-refractivity contribution in [1.29, 1.82) is 0 Å². The lowest BCUT2D eigenvalue weighted by Gasteiger charge is -2.22. The third kappa shape index (κ3) is 4.16. The molecule has 0 spiro atoms. The van der Waals surface area contributed by atoms with Gasteiger partial charge in [-0.3, -0.25) is 0 Å². The second-order valence-electron chi connectivity index (χ2n) is 5.76. The zero-order chi connectivity index (χ0) is 14.5. The Bertz CT molecular complexity index is 436. The molecule has 1 aromatic rings. The van der Waals surface area contributed by atoms with E-state index in [0.717, 1.165) is 48.8 Å². The molecule has 0 amide bonds. The largest absolute Gasteiger partial charge is 0.339 e. The minimum absolute atomic E-state index is 0.451. The first-order chi connectivity index (χ1) is 9.60. The van der Waals surface area contributed by atoms with Gasteiger partial charge >= 0.3 is 0 Å². The van der Waals surface area contributed by atoms with E-state index in [2.05, 4.69) is 57.6 Å². The van der Waals surface area contributed by atoms with Crippen molar-refractivity contribution in [3.8, 4) is 0 Å². The van der Waals surface area contributed by atoms with Crippen LogP contribution in [-0.2, 0) is 0 Å². The fourth-order valence-electron chi connectivity index (χ4n) is 2.53. The number of rotatable bonds is 4. The molecule has 0 N–H and O–H groups in total. The van der Waals surface area contributed by atoms with Gasteiger partial charge in [-0.05, 0) is 31.9 Å². The van der Waals surface area contributed by atoms with E-state index in [1.807, 2.05) is 0 Å². The summed E-state index contributed by atoms with van der Waals surface area (Å²) in [6.45, 7) is 11.9. The molecule has 0 bridgehead atoms. The third-order valence-corrected chi connectivity index (χ3v) is 4.08. The van der Waals surface area contributed by atoms with Gasteiger partial charge in [-0.25, -0.2) is 9.97 Å².